The Kier molecular flexibility index (Phi) is 0.537. The molecule has 1 saturated heterocycles. The van der Waals surface area contributed by atoms with E-state index < -0.39 is 0 Å². The fourth-order valence-electron chi connectivity index (χ4n) is 1.57. The van der Waals surface area contributed by atoms with Crippen molar-refractivity contribution in [2.45, 2.75) is 25.3 Å². The molecule has 1 aliphatic carbocycles. The molecule has 0 aromatic carbocycles. The summed E-state index contributed by atoms with van der Waals surface area (Å²) in [4.78, 5) is 0. The summed E-state index contributed by atoms with van der Waals surface area (Å²) in [6.45, 7) is 1.11. The van der Waals surface area contributed by atoms with Crippen LogP contribution in [0.2, 0.25) is 0 Å². The molecular formula is C6H11N. The molecule has 0 spiro atoms. The number of hydrogen-bond acceptors (Lipinski definition) is 1. The Labute approximate surface area is 45.5 Å². The van der Waals surface area contributed by atoms with Crippen LogP contribution in [0.15, 0.2) is 0 Å². The maximum Gasteiger partial charge on any atom is 0.0270 e. The first-order valence-electron chi connectivity index (χ1n) is 3.59. The summed E-state index contributed by atoms with van der Waals surface area (Å²) < 4.78 is 7.48. The van der Waals surface area contributed by atoms with Crippen molar-refractivity contribution < 1.29 is 1.37 Å². The minimum absolute atomic E-state index is 0.265. The third-order valence-corrected chi connectivity index (χ3v) is 2.01. The van der Waals surface area contributed by atoms with Crippen LogP contribution in [0.25, 0.3) is 0 Å². The molecule has 0 aromatic heterocycles. The highest BCUT2D eigenvalue weighted by Crippen LogP contribution is 2.29. The Balaban J connectivity index is 2.11. The molecule has 0 aromatic rings. The summed E-state index contributed by atoms with van der Waals surface area (Å²) in [7, 11) is 0. The molecule has 1 N–H and O–H groups in total. The number of hydrogen-bond donors (Lipinski definition) is 1. The van der Waals surface area contributed by atoms with Crippen LogP contribution in [0.5, 0.6) is 0 Å². The molecule has 2 aliphatic rings. The van der Waals surface area contributed by atoms with Crippen LogP contribution in [0, 0.1) is 5.92 Å². The van der Waals surface area contributed by atoms with Crippen LogP contribution in [0.1, 0.15) is 20.6 Å². The number of fused-ring (bicyclic) bond motifs is 2. The lowest BCUT2D eigenvalue weighted by Gasteiger charge is -2.08. The second kappa shape index (κ2) is 1.22. The van der Waals surface area contributed by atoms with Crippen molar-refractivity contribution in [3.63, 3.8) is 0 Å². The SMILES string of the molecule is [2H][C@@H]1C[C@@H]2C[C@@H]1CN2. The molecule has 1 heteroatoms. The van der Waals surface area contributed by atoms with Crippen LogP contribution in [-0.4, -0.2) is 12.6 Å². The minimum Gasteiger partial charge on any atom is -0.314 e. The first kappa shape index (κ1) is 3.08. The number of piperidine rings is 1. The van der Waals surface area contributed by atoms with Crippen molar-refractivity contribution in [3.8, 4) is 0 Å². The van der Waals surface area contributed by atoms with Crippen molar-refractivity contribution in [2.75, 3.05) is 6.54 Å². The van der Waals surface area contributed by atoms with Crippen LogP contribution in [0.4, 0.5) is 0 Å². The number of rotatable bonds is 0. The lowest BCUT2D eigenvalue weighted by molar-refractivity contribution is 0.504. The van der Waals surface area contributed by atoms with Gasteiger partial charge in [-0.25, -0.2) is 0 Å². The quantitative estimate of drug-likeness (QED) is 0.471. The first-order valence-corrected chi connectivity index (χ1v) is 3.02. The van der Waals surface area contributed by atoms with Crippen molar-refractivity contribution in [1.82, 2.24) is 5.32 Å². The van der Waals surface area contributed by atoms with Crippen molar-refractivity contribution >= 4 is 0 Å². The van der Waals surface area contributed by atoms with E-state index in [1.807, 2.05) is 0 Å². The van der Waals surface area contributed by atoms with E-state index in [1.54, 1.807) is 0 Å². The highest BCUT2D eigenvalue weighted by atomic mass is 15.0. The van der Waals surface area contributed by atoms with Gasteiger partial charge in [-0.05, 0) is 31.7 Å². The maximum atomic E-state index is 7.48. The molecule has 3 atom stereocenters. The Bertz CT molecular complexity index is 103. The van der Waals surface area contributed by atoms with E-state index in [2.05, 4.69) is 5.32 Å². The second-order valence-corrected chi connectivity index (χ2v) is 2.57. The zero-order valence-electron chi connectivity index (χ0n) is 5.35. The summed E-state index contributed by atoms with van der Waals surface area (Å²) >= 11 is 0. The Morgan fingerprint density at radius 3 is 3.00 bits per heavy atom. The van der Waals surface area contributed by atoms with E-state index >= 15 is 0 Å². The Morgan fingerprint density at radius 1 is 1.71 bits per heavy atom. The van der Waals surface area contributed by atoms with Gasteiger partial charge >= 0.3 is 0 Å². The van der Waals surface area contributed by atoms with E-state index in [9.17, 15) is 0 Å². The lowest BCUT2D eigenvalue weighted by Crippen LogP contribution is -2.23. The van der Waals surface area contributed by atoms with E-state index in [0.717, 1.165) is 13.0 Å². The van der Waals surface area contributed by atoms with E-state index in [-0.39, 0.29) is 6.40 Å². The summed E-state index contributed by atoms with van der Waals surface area (Å²) in [6, 6.07) is 0.711. The summed E-state index contributed by atoms with van der Waals surface area (Å²) in [5.74, 6) is 0.694. The topological polar surface area (TPSA) is 12.0 Å². The predicted molar refractivity (Wildman–Crippen MR) is 29.1 cm³/mol. The molecule has 0 amide bonds. The van der Waals surface area contributed by atoms with Crippen LogP contribution in [0.3, 0.4) is 0 Å². The molecule has 0 unspecified atom stereocenters. The van der Waals surface area contributed by atoms with Crippen LogP contribution < -0.4 is 5.32 Å². The Hall–Kier alpha value is -0.0400. The third-order valence-electron chi connectivity index (χ3n) is 2.01. The van der Waals surface area contributed by atoms with Gasteiger partial charge in [0.05, 0.1) is 0 Å². The molecule has 2 fully saturated rings. The van der Waals surface area contributed by atoms with Gasteiger partial charge in [0.1, 0.15) is 0 Å². The van der Waals surface area contributed by atoms with Crippen LogP contribution >= 0.6 is 0 Å². The van der Waals surface area contributed by atoms with Gasteiger partial charge in [0.2, 0.25) is 0 Å². The zero-order chi connectivity index (χ0) is 5.56. The standard InChI is InChI=1S/C6H11N/c1-2-6-3-5(1)4-7-6/h5-7H,1-4H2/t5-,6-/m1/s1/i1D/t1-,5-,6-. The molecule has 7 heavy (non-hydrogen) atoms. The molecule has 1 saturated carbocycles. The van der Waals surface area contributed by atoms with Gasteiger partial charge in [-0.1, -0.05) is 0 Å². The normalized spacial score (nSPS) is 60.6. The van der Waals surface area contributed by atoms with Crippen molar-refractivity contribution in [3.05, 3.63) is 0 Å². The molecule has 1 nitrogen and oxygen atoms in total. The van der Waals surface area contributed by atoms with Gasteiger partial charge < -0.3 is 5.32 Å². The van der Waals surface area contributed by atoms with Crippen molar-refractivity contribution in [1.29, 1.82) is 0 Å². The fourth-order valence-corrected chi connectivity index (χ4v) is 1.57. The summed E-state index contributed by atoms with van der Waals surface area (Å²) in [6.07, 6.45) is 2.64. The molecule has 2 bridgehead atoms. The highest BCUT2D eigenvalue weighted by molar-refractivity contribution is 4.88. The lowest BCUT2D eigenvalue weighted by atomic mass is 10.1. The Morgan fingerprint density at radius 2 is 2.71 bits per heavy atom. The first-order chi connectivity index (χ1) is 3.86. The zero-order valence-corrected chi connectivity index (χ0v) is 4.35. The molecule has 1 aliphatic heterocycles. The molecule has 0 radical (unpaired) electrons. The largest absolute Gasteiger partial charge is 0.314 e. The average molecular weight is 98.2 g/mol. The van der Waals surface area contributed by atoms with Gasteiger partial charge in [0.15, 0.2) is 0 Å². The second-order valence-electron chi connectivity index (χ2n) is 2.57. The van der Waals surface area contributed by atoms with Gasteiger partial charge in [0.25, 0.3) is 0 Å². The van der Waals surface area contributed by atoms with Gasteiger partial charge in [-0.15, -0.1) is 0 Å². The molecule has 40 valence electrons. The number of nitrogens with one attached hydrogen (secondary N) is 1. The third kappa shape index (κ3) is 0.480. The monoisotopic (exact) mass is 98.1 g/mol. The molecular weight excluding hydrogens is 86.1 g/mol. The summed E-state index contributed by atoms with van der Waals surface area (Å²) in [5, 5.41) is 3.37. The molecule has 2 rings (SSSR count). The van der Waals surface area contributed by atoms with E-state index in [1.165, 1.54) is 6.42 Å². The predicted octanol–water partition coefficient (Wildman–Crippen LogP) is 0.758. The van der Waals surface area contributed by atoms with E-state index in [0.29, 0.717) is 12.0 Å². The maximum absolute atomic E-state index is 7.48. The minimum atomic E-state index is 0.265. The van der Waals surface area contributed by atoms with Gasteiger partial charge in [0, 0.05) is 7.41 Å². The van der Waals surface area contributed by atoms with Gasteiger partial charge in [-0.2, -0.15) is 0 Å². The molecule has 1 heterocycles. The average Bonchev–Trinajstić information content (AvgIpc) is 2.23. The summed E-state index contributed by atoms with van der Waals surface area (Å²) in [5.41, 5.74) is 0. The van der Waals surface area contributed by atoms with Gasteiger partial charge in [-0.3, -0.25) is 0 Å². The van der Waals surface area contributed by atoms with Crippen LogP contribution in [-0.2, 0) is 0 Å². The van der Waals surface area contributed by atoms with Crippen molar-refractivity contribution in [2.24, 2.45) is 5.92 Å². The fraction of sp³-hybridized carbons (Fsp3) is 1.00. The van der Waals surface area contributed by atoms with E-state index in [4.69, 9.17) is 1.37 Å². The smallest absolute Gasteiger partial charge is 0.0270 e. The highest BCUT2D eigenvalue weighted by Gasteiger charge is 2.30.